The van der Waals surface area contributed by atoms with Crippen LogP contribution in [0.5, 0.6) is 11.5 Å². The highest BCUT2D eigenvalue weighted by Crippen LogP contribution is 2.50. The van der Waals surface area contributed by atoms with Gasteiger partial charge in [-0.25, -0.2) is 0 Å². The predicted molar refractivity (Wildman–Crippen MR) is 101 cm³/mol. The first-order chi connectivity index (χ1) is 13.0. The zero-order chi connectivity index (χ0) is 18.8. The topological polar surface area (TPSA) is 57.2 Å². The molecule has 27 heavy (non-hydrogen) atoms. The molecular weight excluding hydrogens is 414 g/mol. The molecule has 1 spiro atoms. The Bertz CT molecular complexity index is 840. The quantitative estimate of drug-likeness (QED) is 0.527. The van der Waals surface area contributed by atoms with Gasteiger partial charge < -0.3 is 23.8 Å². The van der Waals surface area contributed by atoms with Crippen molar-refractivity contribution in [2.75, 3.05) is 20.3 Å². The van der Waals surface area contributed by atoms with Crippen molar-refractivity contribution in [3.63, 3.8) is 0 Å². The van der Waals surface area contributed by atoms with Gasteiger partial charge in [-0.2, -0.15) is 0 Å². The van der Waals surface area contributed by atoms with Crippen LogP contribution >= 0.6 is 15.9 Å². The average molecular weight is 436 g/mol. The predicted octanol–water partition coefficient (Wildman–Crippen LogP) is 2.81. The monoisotopic (exact) mass is 435 g/mol. The van der Waals surface area contributed by atoms with E-state index in [1.54, 1.807) is 12.0 Å². The Morgan fingerprint density at radius 1 is 1.37 bits per heavy atom. The first-order valence-electron chi connectivity index (χ1n) is 9.29. The second-order valence-corrected chi connectivity index (χ2v) is 8.65. The number of carbonyl (C=O) groups is 1. The number of hydrogen-bond donors (Lipinski definition) is 0. The summed E-state index contributed by atoms with van der Waals surface area (Å²) in [6, 6.07) is 1.93. The van der Waals surface area contributed by atoms with E-state index in [2.05, 4.69) is 22.0 Å². The molecule has 3 heterocycles. The molecule has 2 bridgehead atoms. The summed E-state index contributed by atoms with van der Waals surface area (Å²) < 4.78 is 25.2. The van der Waals surface area contributed by atoms with E-state index >= 15 is 0 Å². The van der Waals surface area contributed by atoms with Crippen LogP contribution in [-0.4, -0.2) is 49.6 Å². The molecule has 1 amide bonds. The van der Waals surface area contributed by atoms with Crippen molar-refractivity contribution in [2.45, 2.75) is 44.3 Å². The lowest BCUT2D eigenvalue weighted by Crippen LogP contribution is -2.49. The SMILES string of the molecule is COc1cc(Br)c2c3c1OC1CC4(C=C(CN(C=O)C2)C1C3)OCC(C)O4. The Morgan fingerprint density at radius 3 is 2.93 bits per heavy atom. The number of rotatable bonds is 2. The van der Waals surface area contributed by atoms with Crippen molar-refractivity contribution in [1.29, 1.82) is 0 Å². The van der Waals surface area contributed by atoms with Crippen LogP contribution in [0.1, 0.15) is 24.5 Å². The number of nitrogens with zero attached hydrogens (tertiary/aromatic N) is 1. The minimum Gasteiger partial charge on any atom is -0.493 e. The van der Waals surface area contributed by atoms with Gasteiger partial charge in [0.2, 0.25) is 6.41 Å². The summed E-state index contributed by atoms with van der Waals surface area (Å²) in [6.07, 6.45) is 4.50. The van der Waals surface area contributed by atoms with Gasteiger partial charge in [-0.3, -0.25) is 4.79 Å². The standard InChI is InChI=1S/C20H22BrNO5/c1-11-9-25-20(27-11)5-12-7-22(10-23)8-15-14-3-13(12)18(6-20)26-19(14)17(24-2)4-16(15)21/h4-5,10-11,13,18H,3,6-9H2,1-2H3. The largest absolute Gasteiger partial charge is 0.493 e. The van der Waals surface area contributed by atoms with Crippen LogP contribution in [0.3, 0.4) is 0 Å². The van der Waals surface area contributed by atoms with Crippen LogP contribution in [0.15, 0.2) is 22.2 Å². The van der Waals surface area contributed by atoms with Crippen LogP contribution in [-0.2, 0) is 27.2 Å². The van der Waals surface area contributed by atoms with Crippen molar-refractivity contribution < 1.29 is 23.7 Å². The maximum atomic E-state index is 11.8. The van der Waals surface area contributed by atoms with Crippen LogP contribution in [0.4, 0.5) is 0 Å². The molecule has 144 valence electrons. The Hall–Kier alpha value is -1.57. The number of hydrogen-bond acceptors (Lipinski definition) is 5. The minimum absolute atomic E-state index is 0.0436. The normalized spacial score (nSPS) is 33.8. The van der Waals surface area contributed by atoms with Gasteiger partial charge in [0.15, 0.2) is 17.3 Å². The lowest BCUT2D eigenvalue weighted by atomic mass is 9.75. The Balaban J connectivity index is 1.66. The molecule has 0 N–H and O–H groups in total. The van der Waals surface area contributed by atoms with Crippen molar-refractivity contribution in [2.24, 2.45) is 5.92 Å². The van der Waals surface area contributed by atoms with Crippen molar-refractivity contribution in [1.82, 2.24) is 4.90 Å². The third kappa shape index (κ3) is 2.70. The van der Waals surface area contributed by atoms with Gasteiger partial charge in [-0.1, -0.05) is 15.9 Å². The fourth-order valence-electron chi connectivity index (χ4n) is 4.81. The van der Waals surface area contributed by atoms with Crippen LogP contribution in [0.2, 0.25) is 0 Å². The van der Waals surface area contributed by atoms with E-state index in [1.165, 1.54) is 0 Å². The van der Waals surface area contributed by atoms with Crippen LogP contribution < -0.4 is 9.47 Å². The third-order valence-electron chi connectivity index (χ3n) is 6.00. The first-order valence-corrected chi connectivity index (χ1v) is 10.1. The highest BCUT2D eigenvalue weighted by molar-refractivity contribution is 9.10. The van der Waals surface area contributed by atoms with E-state index < -0.39 is 5.79 Å². The number of halogens is 1. The van der Waals surface area contributed by atoms with Crippen molar-refractivity contribution in [3.8, 4) is 11.5 Å². The maximum absolute atomic E-state index is 11.8. The average Bonchev–Trinajstić information content (AvgIpc) is 2.99. The van der Waals surface area contributed by atoms with E-state index in [0.717, 1.165) is 39.8 Å². The molecule has 4 unspecified atom stereocenters. The second-order valence-electron chi connectivity index (χ2n) is 7.80. The first kappa shape index (κ1) is 17.5. The molecule has 6 nitrogen and oxygen atoms in total. The number of ether oxygens (including phenoxy) is 4. The molecular formula is C20H22BrNO5. The molecule has 0 aromatic heterocycles. The summed E-state index contributed by atoms with van der Waals surface area (Å²) in [5.74, 6) is 0.940. The second kappa shape index (κ2) is 6.22. The van der Waals surface area contributed by atoms with Crippen LogP contribution in [0, 0.1) is 5.92 Å². The fraction of sp³-hybridized carbons (Fsp3) is 0.550. The number of carbonyl (C=O) groups excluding carboxylic acids is 1. The number of benzene rings is 1. The number of amides is 1. The van der Waals surface area contributed by atoms with Crippen LogP contribution in [0.25, 0.3) is 0 Å². The molecule has 5 rings (SSSR count). The third-order valence-corrected chi connectivity index (χ3v) is 6.70. The Kier molecular flexibility index (Phi) is 4.04. The zero-order valence-electron chi connectivity index (χ0n) is 15.4. The molecule has 0 radical (unpaired) electrons. The Labute approximate surface area is 166 Å². The van der Waals surface area contributed by atoms with Gasteiger partial charge in [0.05, 0.1) is 19.8 Å². The van der Waals surface area contributed by atoms with Crippen molar-refractivity contribution >= 4 is 22.3 Å². The van der Waals surface area contributed by atoms with Gasteiger partial charge in [-0.05, 0) is 36.6 Å². The molecule has 3 aliphatic heterocycles. The van der Waals surface area contributed by atoms with E-state index in [-0.39, 0.29) is 18.1 Å². The summed E-state index contributed by atoms with van der Waals surface area (Å²) in [4.78, 5) is 13.6. The zero-order valence-corrected chi connectivity index (χ0v) is 17.0. The molecule has 7 heteroatoms. The molecule has 1 fully saturated rings. The van der Waals surface area contributed by atoms with Gasteiger partial charge in [0.1, 0.15) is 6.10 Å². The Morgan fingerprint density at radius 2 is 2.22 bits per heavy atom. The van der Waals surface area contributed by atoms with E-state index in [4.69, 9.17) is 18.9 Å². The lowest BCUT2D eigenvalue weighted by Gasteiger charge is -2.46. The molecule has 4 atom stereocenters. The van der Waals surface area contributed by atoms with Crippen molar-refractivity contribution in [3.05, 3.63) is 33.3 Å². The van der Waals surface area contributed by atoms with Gasteiger partial charge in [0, 0.05) is 35.5 Å². The molecule has 1 saturated heterocycles. The highest BCUT2D eigenvalue weighted by atomic mass is 79.9. The smallest absolute Gasteiger partial charge is 0.210 e. The summed E-state index contributed by atoms with van der Waals surface area (Å²) >= 11 is 3.65. The number of methoxy groups -OCH3 is 1. The van der Waals surface area contributed by atoms with Gasteiger partial charge in [0.25, 0.3) is 0 Å². The van der Waals surface area contributed by atoms with Gasteiger partial charge >= 0.3 is 0 Å². The molecule has 1 aromatic rings. The lowest BCUT2D eigenvalue weighted by molar-refractivity contribution is -0.158. The molecule has 1 aliphatic carbocycles. The van der Waals surface area contributed by atoms with E-state index in [1.807, 2.05) is 13.0 Å². The maximum Gasteiger partial charge on any atom is 0.210 e. The van der Waals surface area contributed by atoms with E-state index in [0.29, 0.717) is 31.9 Å². The minimum atomic E-state index is -0.757. The molecule has 1 aromatic carbocycles. The highest BCUT2D eigenvalue weighted by Gasteiger charge is 2.50. The summed E-state index contributed by atoms with van der Waals surface area (Å²) in [5.41, 5.74) is 3.37. The summed E-state index contributed by atoms with van der Waals surface area (Å²) in [6.45, 7) is 3.67. The molecule has 4 aliphatic rings. The summed E-state index contributed by atoms with van der Waals surface area (Å²) in [7, 11) is 1.65. The van der Waals surface area contributed by atoms with E-state index in [9.17, 15) is 4.79 Å². The fourth-order valence-corrected chi connectivity index (χ4v) is 5.39. The summed E-state index contributed by atoms with van der Waals surface area (Å²) in [5, 5.41) is 0. The van der Waals surface area contributed by atoms with Gasteiger partial charge in [-0.15, -0.1) is 0 Å². The molecule has 0 saturated carbocycles.